The molecule has 188 valence electrons. The molecule has 2 N–H and O–H groups in total. The van der Waals surface area contributed by atoms with E-state index in [9.17, 15) is 14.7 Å². The zero-order chi connectivity index (χ0) is 25.9. The highest BCUT2D eigenvalue weighted by atomic mass is 16.5. The Balaban J connectivity index is 1.49. The van der Waals surface area contributed by atoms with Gasteiger partial charge in [0.15, 0.2) is 0 Å². The quantitative estimate of drug-likeness (QED) is 0.201. The topological polar surface area (TPSA) is 91.9 Å². The molecule has 1 unspecified atom stereocenters. The lowest BCUT2D eigenvalue weighted by molar-refractivity contribution is -0.140. The van der Waals surface area contributed by atoms with Crippen LogP contribution in [0.4, 0.5) is 0 Å². The third kappa shape index (κ3) is 4.73. The number of ketones is 1. The van der Waals surface area contributed by atoms with E-state index in [1.807, 2.05) is 79.7 Å². The van der Waals surface area contributed by atoms with Gasteiger partial charge in [-0.3, -0.25) is 9.59 Å². The fourth-order valence-electron chi connectivity index (χ4n) is 4.66. The van der Waals surface area contributed by atoms with Gasteiger partial charge in [-0.05, 0) is 36.2 Å². The number of nitrogens with one attached hydrogen (secondary N) is 1. The minimum absolute atomic E-state index is 0.0548. The smallest absolute Gasteiger partial charge is 0.295 e. The number of aromatic nitrogens is 1. The number of hydrogen-bond acceptors (Lipinski definition) is 5. The summed E-state index contributed by atoms with van der Waals surface area (Å²) < 4.78 is 11.1. The van der Waals surface area contributed by atoms with Gasteiger partial charge in [0.1, 0.15) is 18.1 Å². The number of carbonyl (C=O) groups excluding carboxylic acids is 2. The van der Waals surface area contributed by atoms with Crippen LogP contribution in [-0.4, -0.2) is 46.9 Å². The summed E-state index contributed by atoms with van der Waals surface area (Å²) in [4.78, 5) is 30.8. The predicted molar refractivity (Wildman–Crippen MR) is 141 cm³/mol. The number of ether oxygens (including phenoxy) is 2. The number of fused-ring (bicyclic) bond motifs is 1. The van der Waals surface area contributed by atoms with Gasteiger partial charge in [-0.15, -0.1) is 0 Å². The molecule has 1 amide bonds. The van der Waals surface area contributed by atoms with Crippen LogP contribution in [0.25, 0.3) is 16.7 Å². The Morgan fingerprint density at radius 1 is 1.00 bits per heavy atom. The molecule has 4 aromatic rings. The molecular formula is C30H28N2O5. The molecule has 0 spiro atoms. The summed E-state index contributed by atoms with van der Waals surface area (Å²) in [5.41, 5.74) is 4.29. The number of amides is 1. The molecular weight excluding hydrogens is 468 g/mol. The van der Waals surface area contributed by atoms with Crippen molar-refractivity contribution in [3.05, 3.63) is 107 Å². The average molecular weight is 497 g/mol. The number of para-hydroxylation sites is 1. The van der Waals surface area contributed by atoms with E-state index in [-0.39, 0.29) is 24.5 Å². The van der Waals surface area contributed by atoms with Gasteiger partial charge in [-0.1, -0.05) is 60.2 Å². The van der Waals surface area contributed by atoms with E-state index in [4.69, 9.17) is 9.47 Å². The van der Waals surface area contributed by atoms with Crippen LogP contribution in [0.1, 0.15) is 28.3 Å². The molecule has 5 rings (SSSR count). The first-order valence-corrected chi connectivity index (χ1v) is 12.1. The maximum atomic E-state index is 13.2. The molecule has 0 radical (unpaired) electrons. The standard InChI is InChI=1S/C30H28N2O5/c1-19-7-9-20(10-8-19)18-37-22-13-11-21(12-14-22)27-26(29(34)30(35)32(27)15-16-36-2)28(33)24-17-31-25-6-4-3-5-23(24)25/h3-14,17,27,31,33H,15-16,18H2,1-2H3/b28-26-. The van der Waals surface area contributed by atoms with E-state index in [0.29, 0.717) is 23.5 Å². The van der Waals surface area contributed by atoms with Gasteiger partial charge in [0, 0.05) is 36.3 Å². The van der Waals surface area contributed by atoms with Crippen molar-refractivity contribution in [3.63, 3.8) is 0 Å². The molecule has 7 nitrogen and oxygen atoms in total. The number of benzene rings is 3. The zero-order valence-corrected chi connectivity index (χ0v) is 20.7. The highest BCUT2D eigenvalue weighted by Crippen LogP contribution is 2.40. The minimum Gasteiger partial charge on any atom is -0.507 e. The van der Waals surface area contributed by atoms with Crippen molar-refractivity contribution < 1.29 is 24.2 Å². The summed E-state index contributed by atoms with van der Waals surface area (Å²) in [6.07, 6.45) is 1.65. The Bertz CT molecular complexity index is 1470. The molecule has 1 atom stereocenters. The number of aliphatic hydroxyl groups excluding tert-OH is 1. The van der Waals surface area contributed by atoms with Gasteiger partial charge >= 0.3 is 0 Å². The second-order valence-electron chi connectivity index (χ2n) is 9.08. The van der Waals surface area contributed by atoms with Crippen LogP contribution in [-0.2, 0) is 20.9 Å². The summed E-state index contributed by atoms with van der Waals surface area (Å²) in [6.45, 7) is 2.93. The molecule has 3 aromatic carbocycles. The molecule has 1 aliphatic rings. The summed E-state index contributed by atoms with van der Waals surface area (Å²) in [7, 11) is 1.54. The van der Waals surface area contributed by atoms with E-state index in [1.165, 1.54) is 17.6 Å². The summed E-state index contributed by atoms with van der Waals surface area (Å²) in [6, 6.07) is 22.1. The molecule has 1 aromatic heterocycles. The highest BCUT2D eigenvalue weighted by molar-refractivity contribution is 6.46. The number of aromatic amines is 1. The molecule has 1 fully saturated rings. The fourth-order valence-corrected chi connectivity index (χ4v) is 4.66. The lowest BCUT2D eigenvalue weighted by atomic mass is 9.95. The van der Waals surface area contributed by atoms with E-state index >= 15 is 0 Å². The van der Waals surface area contributed by atoms with Crippen LogP contribution in [0.5, 0.6) is 5.75 Å². The Kier molecular flexibility index (Phi) is 6.79. The Hall–Kier alpha value is -4.36. The van der Waals surface area contributed by atoms with Crippen LogP contribution in [0.3, 0.4) is 0 Å². The van der Waals surface area contributed by atoms with Crippen molar-refractivity contribution in [1.29, 1.82) is 0 Å². The highest BCUT2D eigenvalue weighted by Gasteiger charge is 2.46. The molecule has 0 aliphatic carbocycles. The van der Waals surface area contributed by atoms with Gasteiger partial charge < -0.3 is 24.5 Å². The van der Waals surface area contributed by atoms with Crippen LogP contribution in [0, 0.1) is 6.92 Å². The van der Waals surface area contributed by atoms with Crippen LogP contribution in [0.15, 0.2) is 84.6 Å². The average Bonchev–Trinajstić information content (AvgIpc) is 3.46. The van der Waals surface area contributed by atoms with E-state index in [0.717, 1.165) is 16.5 Å². The van der Waals surface area contributed by atoms with Crippen molar-refractivity contribution in [2.75, 3.05) is 20.3 Å². The van der Waals surface area contributed by atoms with Gasteiger partial charge in [-0.2, -0.15) is 0 Å². The molecule has 0 bridgehead atoms. The van der Waals surface area contributed by atoms with Gasteiger partial charge in [0.05, 0.1) is 18.2 Å². The molecule has 1 aliphatic heterocycles. The first-order valence-electron chi connectivity index (χ1n) is 12.1. The first-order chi connectivity index (χ1) is 18.0. The first kappa shape index (κ1) is 24.3. The zero-order valence-electron chi connectivity index (χ0n) is 20.7. The van der Waals surface area contributed by atoms with E-state index in [1.54, 1.807) is 6.20 Å². The molecule has 7 heteroatoms. The summed E-state index contributed by atoms with van der Waals surface area (Å²) in [5, 5.41) is 12.1. The molecule has 1 saturated heterocycles. The number of nitrogens with zero attached hydrogens (tertiary/aromatic N) is 1. The normalized spacial score (nSPS) is 17.0. The third-order valence-electron chi connectivity index (χ3n) is 6.64. The number of carbonyl (C=O) groups is 2. The fraction of sp³-hybridized carbons (Fsp3) is 0.200. The molecule has 2 heterocycles. The van der Waals surface area contributed by atoms with Gasteiger partial charge in [0.2, 0.25) is 0 Å². The van der Waals surface area contributed by atoms with Crippen molar-refractivity contribution in [2.45, 2.75) is 19.6 Å². The second kappa shape index (κ2) is 10.3. The van der Waals surface area contributed by atoms with E-state index in [2.05, 4.69) is 4.98 Å². The van der Waals surface area contributed by atoms with Crippen molar-refractivity contribution in [2.24, 2.45) is 0 Å². The number of hydrogen-bond donors (Lipinski definition) is 2. The second-order valence-corrected chi connectivity index (χ2v) is 9.08. The largest absolute Gasteiger partial charge is 0.507 e. The summed E-state index contributed by atoms with van der Waals surface area (Å²) in [5.74, 6) is -0.929. The maximum Gasteiger partial charge on any atom is 0.295 e. The van der Waals surface area contributed by atoms with Crippen molar-refractivity contribution in [3.8, 4) is 5.75 Å². The van der Waals surface area contributed by atoms with Gasteiger partial charge in [0.25, 0.3) is 11.7 Å². The Morgan fingerprint density at radius 3 is 2.46 bits per heavy atom. The third-order valence-corrected chi connectivity index (χ3v) is 6.64. The molecule has 37 heavy (non-hydrogen) atoms. The van der Waals surface area contributed by atoms with Crippen molar-refractivity contribution >= 4 is 28.4 Å². The Morgan fingerprint density at radius 2 is 1.73 bits per heavy atom. The number of aliphatic hydroxyl groups is 1. The lowest BCUT2D eigenvalue weighted by Gasteiger charge is -2.25. The van der Waals surface area contributed by atoms with Crippen LogP contribution >= 0.6 is 0 Å². The number of likely N-dealkylation sites (tertiary alicyclic amines) is 1. The number of Topliss-reactive ketones (excluding diaryl/α,β-unsaturated/α-hetero) is 1. The maximum absolute atomic E-state index is 13.2. The van der Waals surface area contributed by atoms with Crippen LogP contribution < -0.4 is 4.74 Å². The monoisotopic (exact) mass is 496 g/mol. The number of H-pyrrole nitrogens is 1. The van der Waals surface area contributed by atoms with E-state index < -0.39 is 17.7 Å². The molecule has 0 saturated carbocycles. The minimum atomic E-state index is -0.755. The van der Waals surface area contributed by atoms with Gasteiger partial charge in [-0.25, -0.2) is 0 Å². The summed E-state index contributed by atoms with van der Waals surface area (Å²) >= 11 is 0. The number of rotatable bonds is 8. The SMILES string of the molecule is COCCN1C(=O)C(=O)/C(=C(\O)c2c[nH]c3ccccc23)C1c1ccc(OCc2ccc(C)cc2)cc1. The number of aryl methyl sites for hydroxylation is 1. The van der Waals surface area contributed by atoms with Crippen LogP contribution in [0.2, 0.25) is 0 Å². The predicted octanol–water partition coefficient (Wildman–Crippen LogP) is 5.12. The Labute approximate surface area is 214 Å². The lowest BCUT2D eigenvalue weighted by Crippen LogP contribution is -2.32. The number of methoxy groups -OCH3 is 1. The van der Waals surface area contributed by atoms with Crippen molar-refractivity contribution in [1.82, 2.24) is 9.88 Å².